The van der Waals surface area contributed by atoms with Crippen molar-refractivity contribution in [3.63, 3.8) is 0 Å². The molecule has 0 aliphatic rings. The summed E-state index contributed by atoms with van der Waals surface area (Å²) < 4.78 is 0. The van der Waals surface area contributed by atoms with Crippen LogP contribution in [0.4, 0.5) is 0 Å². The average Bonchev–Trinajstić information content (AvgIpc) is 2.21. The number of hydrogen-bond donors (Lipinski definition) is 2. The SMILES string of the molecule is CCC(NCCN)c1ccc(Cl)cc1. The Kier molecular flexibility index (Phi) is 4.94. The van der Waals surface area contributed by atoms with Crippen LogP contribution < -0.4 is 11.1 Å². The van der Waals surface area contributed by atoms with Gasteiger partial charge in [0.2, 0.25) is 0 Å². The molecule has 1 unspecified atom stereocenters. The van der Waals surface area contributed by atoms with Gasteiger partial charge in [0.15, 0.2) is 0 Å². The molecule has 0 saturated carbocycles. The minimum absolute atomic E-state index is 0.385. The molecule has 78 valence electrons. The van der Waals surface area contributed by atoms with E-state index in [0.717, 1.165) is 18.0 Å². The lowest BCUT2D eigenvalue weighted by atomic mass is 10.0. The molecule has 0 bridgehead atoms. The molecule has 0 radical (unpaired) electrons. The topological polar surface area (TPSA) is 38.0 Å². The monoisotopic (exact) mass is 212 g/mol. The van der Waals surface area contributed by atoms with Crippen molar-refractivity contribution in [1.29, 1.82) is 0 Å². The molecule has 14 heavy (non-hydrogen) atoms. The summed E-state index contributed by atoms with van der Waals surface area (Å²) in [7, 11) is 0. The molecule has 0 heterocycles. The van der Waals surface area contributed by atoms with E-state index in [1.165, 1.54) is 5.56 Å². The van der Waals surface area contributed by atoms with Crippen molar-refractivity contribution >= 4 is 11.6 Å². The van der Waals surface area contributed by atoms with Gasteiger partial charge in [-0.25, -0.2) is 0 Å². The predicted molar refractivity (Wildman–Crippen MR) is 61.5 cm³/mol. The third kappa shape index (κ3) is 3.29. The van der Waals surface area contributed by atoms with Crippen LogP contribution >= 0.6 is 11.6 Å². The lowest BCUT2D eigenvalue weighted by molar-refractivity contribution is 0.527. The maximum atomic E-state index is 5.82. The molecule has 3 N–H and O–H groups in total. The van der Waals surface area contributed by atoms with Crippen molar-refractivity contribution in [2.75, 3.05) is 13.1 Å². The normalized spacial score (nSPS) is 12.8. The molecule has 3 heteroatoms. The van der Waals surface area contributed by atoms with Gasteiger partial charge in [0.25, 0.3) is 0 Å². The quantitative estimate of drug-likeness (QED) is 0.787. The Balaban J connectivity index is 2.64. The molecule has 0 saturated heterocycles. The molecular weight excluding hydrogens is 196 g/mol. The van der Waals surface area contributed by atoms with Crippen LogP contribution in [0.1, 0.15) is 24.9 Å². The van der Waals surface area contributed by atoms with Crippen LogP contribution in [0, 0.1) is 0 Å². The Hall–Kier alpha value is -0.570. The minimum atomic E-state index is 0.385. The van der Waals surface area contributed by atoms with Crippen LogP contribution in [0.25, 0.3) is 0 Å². The first-order valence-corrected chi connectivity index (χ1v) is 5.34. The van der Waals surface area contributed by atoms with E-state index in [0.29, 0.717) is 12.6 Å². The van der Waals surface area contributed by atoms with Gasteiger partial charge >= 0.3 is 0 Å². The number of halogens is 1. The van der Waals surface area contributed by atoms with Crippen molar-refractivity contribution in [2.24, 2.45) is 5.73 Å². The van der Waals surface area contributed by atoms with Gasteiger partial charge in [-0.15, -0.1) is 0 Å². The summed E-state index contributed by atoms with van der Waals surface area (Å²) in [5.74, 6) is 0. The van der Waals surface area contributed by atoms with Crippen LogP contribution in [0.2, 0.25) is 5.02 Å². The van der Waals surface area contributed by atoms with E-state index in [1.807, 2.05) is 12.1 Å². The predicted octanol–water partition coefficient (Wildman–Crippen LogP) is 2.34. The lowest BCUT2D eigenvalue weighted by Crippen LogP contribution is -2.26. The van der Waals surface area contributed by atoms with Gasteiger partial charge in [0.05, 0.1) is 0 Å². The maximum absolute atomic E-state index is 5.82. The van der Waals surface area contributed by atoms with Gasteiger partial charge in [-0.05, 0) is 24.1 Å². The molecule has 0 aromatic heterocycles. The molecule has 1 atom stereocenters. The molecule has 1 rings (SSSR count). The highest BCUT2D eigenvalue weighted by Crippen LogP contribution is 2.18. The van der Waals surface area contributed by atoms with Gasteiger partial charge in [-0.3, -0.25) is 0 Å². The van der Waals surface area contributed by atoms with E-state index in [4.69, 9.17) is 17.3 Å². The molecule has 0 fully saturated rings. The summed E-state index contributed by atoms with van der Waals surface area (Å²) in [6.07, 6.45) is 1.06. The van der Waals surface area contributed by atoms with E-state index in [2.05, 4.69) is 24.4 Å². The second kappa shape index (κ2) is 6.02. The second-order valence-electron chi connectivity index (χ2n) is 3.26. The Morgan fingerprint density at radius 3 is 2.50 bits per heavy atom. The van der Waals surface area contributed by atoms with Crippen molar-refractivity contribution in [2.45, 2.75) is 19.4 Å². The van der Waals surface area contributed by atoms with E-state index >= 15 is 0 Å². The van der Waals surface area contributed by atoms with Crippen LogP contribution in [0.3, 0.4) is 0 Å². The van der Waals surface area contributed by atoms with Gasteiger partial charge in [0, 0.05) is 24.2 Å². The third-order valence-corrected chi connectivity index (χ3v) is 2.47. The molecule has 1 aromatic rings. The first-order valence-electron chi connectivity index (χ1n) is 4.96. The highest BCUT2D eigenvalue weighted by atomic mass is 35.5. The smallest absolute Gasteiger partial charge is 0.0406 e. The summed E-state index contributed by atoms with van der Waals surface area (Å²) >= 11 is 5.82. The zero-order valence-corrected chi connectivity index (χ0v) is 9.22. The second-order valence-corrected chi connectivity index (χ2v) is 3.69. The van der Waals surface area contributed by atoms with Gasteiger partial charge in [-0.1, -0.05) is 30.7 Å². The fourth-order valence-electron chi connectivity index (χ4n) is 1.45. The van der Waals surface area contributed by atoms with Crippen molar-refractivity contribution in [1.82, 2.24) is 5.32 Å². The first kappa shape index (κ1) is 11.5. The third-order valence-electron chi connectivity index (χ3n) is 2.22. The zero-order chi connectivity index (χ0) is 10.4. The van der Waals surface area contributed by atoms with Crippen LogP contribution in [-0.4, -0.2) is 13.1 Å². The molecular formula is C11H17ClN2. The number of hydrogen-bond acceptors (Lipinski definition) is 2. The highest BCUT2D eigenvalue weighted by Gasteiger charge is 2.06. The molecule has 1 aromatic carbocycles. The number of benzene rings is 1. The van der Waals surface area contributed by atoms with Crippen LogP contribution in [-0.2, 0) is 0 Å². The lowest BCUT2D eigenvalue weighted by Gasteiger charge is -2.16. The van der Waals surface area contributed by atoms with Gasteiger partial charge < -0.3 is 11.1 Å². The van der Waals surface area contributed by atoms with Crippen LogP contribution in [0.15, 0.2) is 24.3 Å². The van der Waals surface area contributed by atoms with E-state index in [1.54, 1.807) is 0 Å². The standard InChI is InChI=1S/C11H17ClN2/c1-2-11(14-8-7-13)9-3-5-10(12)6-4-9/h3-6,11,14H,2,7-8,13H2,1H3. The summed E-state index contributed by atoms with van der Waals surface area (Å²) in [5.41, 5.74) is 6.72. The van der Waals surface area contributed by atoms with E-state index < -0.39 is 0 Å². The number of nitrogens with two attached hydrogens (primary N) is 1. The van der Waals surface area contributed by atoms with Gasteiger partial charge in [0.1, 0.15) is 0 Å². The molecule has 0 aliphatic carbocycles. The maximum Gasteiger partial charge on any atom is 0.0406 e. The molecule has 0 amide bonds. The average molecular weight is 213 g/mol. The van der Waals surface area contributed by atoms with E-state index in [-0.39, 0.29) is 0 Å². The minimum Gasteiger partial charge on any atom is -0.329 e. The fraction of sp³-hybridized carbons (Fsp3) is 0.455. The molecule has 0 spiro atoms. The summed E-state index contributed by atoms with van der Waals surface area (Å²) in [4.78, 5) is 0. The highest BCUT2D eigenvalue weighted by molar-refractivity contribution is 6.30. The van der Waals surface area contributed by atoms with Crippen LogP contribution in [0.5, 0.6) is 0 Å². The Labute approximate surface area is 90.4 Å². The first-order chi connectivity index (χ1) is 6.77. The van der Waals surface area contributed by atoms with E-state index in [9.17, 15) is 0 Å². The largest absolute Gasteiger partial charge is 0.329 e. The van der Waals surface area contributed by atoms with Crippen molar-refractivity contribution < 1.29 is 0 Å². The summed E-state index contributed by atoms with van der Waals surface area (Å²) in [6, 6.07) is 8.34. The Morgan fingerprint density at radius 1 is 1.36 bits per heavy atom. The zero-order valence-electron chi connectivity index (χ0n) is 8.46. The number of rotatable bonds is 5. The fourth-order valence-corrected chi connectivity index (χ4v) is 1.58. The van der Waals surface area contributed by atoms with Crippen molar-refractivity contribution in [3.8, 4) is 0 Å². The Morgan fingerprint density at radius 2 is 2.00 bits per heavy atom. The number of nitrogens with one attached hydrogen (secondary N) is 1. The summed E-state index contributed by atoms with van der Waals surface area (Å²) in [6.45, 7) is 3.67. The van der Waals surface area contributed by atoms with Crippen molar-refractivity contribution in [3.05, 3.63) is 34.9 Å². The van der Waals surface area contributed by atoms with Gasteiger partial charge in [-0.2, -0.15) is 0 Å². The molecule has 2 nitrogen and oxygen atoms in total. The molecule has 0 aliphatic heterocycles. The Bertz CT molecular complexity index is 258. The summed E-state index contributed by atoms with van der Waals surface area (Å²) in [5, 5.41) is 4.17.